The predicted octanol–water partition coefficient (Wildman–Crippen LogP) is 0.419. The molecule has 0 aliphatic rings. The maximum Gasteiger partial charge on any atom is 0.179 e. The molecule has 66 valence electrons. The lowest BCUT2D eigenvalue weighted by molar-refractivity contribution is 0.596. The van der Waals surface area contributed by atoms with Gasteiger partial charge in [0.25, 0.3) is 0 Å². The molecule has 0 fully saturated rings. The van der Waals surface area contributed by atoms with Gasteiger partial charge in [-0.05, 0) is 12.1 Å². The molecule has 0 radical (unpaired) electrons. The topological polar surface area (TPSA) is 60.2 Å². The van der Waals surface area contributed by atoms with Crippen molar-refractivity contribution in [1.29, 1.82) is 0 Å². The van der Waals surface area contributed by atoms with Gasteiger partial charge in [-0.3, -0.25) is 0 Å². The van der Waals surface area contributed by atoms with Crippen LogP contribution in [0.2, 0.25) is 0 Å². The van der Waals surface area contributed by atoms with Gasteiger partial charge in [0, 0.05) is 6.54 Å². The standard InChI is InChI=1S/C8H11NO2S/c9-6-7-12(10,11)8-4-2-1-3-5-8/h1-5H,6-7,9H2. The monoisotopic (exact) mass is 185 g/mol. The van der Waals surface area contributed by atoms with Crippen LogP contribution in [-0.4, -0.2) is 20.7 Å². The van der Waals surface area contributed by atoms with Crippen LogP contribution < -0.4 is 5.73 Å². The molecule has 0 aromatic heterocycles. The summed E-state index contributed by atoms with van der Waals surface area (Å²) in [6.07, 6.45) is 0. The lowest BCUT2D eigenvalue weighted by Gasteiger charge is -2.00. The smallest absolute Gasteiger partial charge is 0.179 e. The predicted molar refractivity (Wildman–Crippen MR) is 47.5 cm³/mol. The van der Waals surface area contributed by atoms with Gasteiger partial charge in [-0.15, -0.1) is 0 Å². The molecule has 0 unspecified atom stereocenters. The fourth-order valence-electron chi connectivity index (χ4n) is 0.901. The van der Waals surface area contributed by atoms with Crippen LogP contribution in [-0.2, 0) is 9.84 Å². The van der Waals surface area contributed by atoms with Gasteiger partial charge in [-0.1, -0.05) is 18.2 Å². The van der Waals surface area contributed by atoms with E-state index in [4.69, 9.17) is 5.73 Å². The van der Waals surface area contributed by atoms with Crippen LogP contribution in [0, 0.1) is 0 Å². The van der Waals surface area contributed by atoms with Crippen molar-refractivity contribution in [1.82, 2.24) is 0 Å². The molecular formula is C8H11NO2S. The van der Waals surface area contributed by atoms with Crippen LogP contribution in [0.1, 0.15) is 0 Å². The van der Waals surface area contributed by atoms with Gasteiger partial charge < -0.3 is 5.73 Å². The van der Waals surface area contributed by atoms with Crippen molar-refractivity contribution in [2.24, 2.45) is 5.73 Å². The number of hydrogen-bond donors (Lipinski definition) is 1. The molecule has 12 heavy (non-hydrogen) atoms. The molecule has 0 atom stereocenters. The largest absolute Gasteiger partial charge is 0.329 e. The van der Waals surface area contributed by atoms with E-state index in [-0.39, 0.29) is 12.3 Å². The van der Waals surface area contributed by atoms with Crippen molar-refractivity contribution in [3.63, 3.8) is 0 Å². The maximum atomic E-state index is 11.4. The zero-order valence-electron chi connectivity index (χ0n) is 6.60. The average molecular weight is 185 g/mol. The average Bonchev–Trinajstić information content (AvgIpc) is 2.06. The number of nitrogens with two attached hydrogens (primary N) is 1. The third-order valence-corrected chi connectivity index (χ3v) is 3.25. The summed E-state index contributed by atoms with van der Waals surface area (Å²) in [6.45, 7) is 0.164. The van der Waals surface area contributed by atoms with Gasteiger partial charge in [-0.25, -0.2) is 8.42 Å². The third-order valence-electron chi connectivity index (χ3n) is 1.49. The molecule has 1 aromatic rings. The van der Waals surface area contributed by atoms with Crippen molar-refractivity contribution in [2.45, 2.75) is 4.90 Å². The van der Waals surface area contributed by atoms with Crippen molar-refractivity contribution in [3.05, 3.63) is 30.3 Å². The molecule has 0 amide bonds. The second-order valence-corrected chi connectivity index (χ2v) is 4.53. The molecule has 1 aromatic carbocycles. The Bertz CT molecular complexity index is 331. The Balaban J connectivity index is 2.99. The van der Waals surface area contributed by atoms with E-state index >= 15 is 0 Å². The minimum absolute atomic E-state index is 0.0109. The van der Waals surface area contributed by atoms with E-state index in [0.29, 0.717) is 4.90 Å². The second-order valence-electron chi connectivity index (χ2n) is 2.42. The lowest BCUT2D eigenvalue weighted by atomic mass is 10.4. The summed E-state index contributed by atoms with van der Waals surface area (Å²) in [5.41, 5.74) is 5.17. The van der Waals surface area contributed by atoms with Crippen molar-refractivity contribution in [3.8, 4) is 0 Å². The van der Waals surface area contributed by atoms with E-state index in [2.05, 4.69) is 0 Å². The van der Waals surface area contributed by atoms with Crippen LogP contribution >= 0.6 is 0 Å². The number of hydrogen-bond acceptors (Lipinski definition) is 3. The second kappa shape index (κ2) is 3.69. The fraction of sp³-hybridized carbons (Fsp3) is 0.250. The first-order valence-electron chi connectivity index (χ1n) is 3.65. The Labute approximate surface area is 72.1 Å². The van der Waals surface area contributed by atoms with Gasteiger partial charge in [-0.2, -0.15) is 0 Å². The van der Waals surface area contributed by atoms with Crippen molar-refractivity contribution >= 4 is 9.84 Å². The van der Waals surface area contributed by atoms with Crippen LogP contribution in [0.4, 0.5) is 0 Å². The summed E-state index contributed by atoms with van der Waals surface area (Å²) >= 11 is 0. The highest BCUT2D eigenvalue weighted by Crippen LogP contribution is 2.08. The molecule has 0 saturated heterocycles. The molecular weight excluding hydrogens is 174 g/mol. The van der Waals surface area contributed by atoms with Crippen molar-refractivity contribution in [2.75, 3.05) is 12.3 Å². The summed E-state index contributed by atoms with van der Waals surface area (Å²) in [4.78, 5) is 0.343. The summed E-state index contributed by atoms with van der Waals surface area (Å²) in [6, 6.07) is 8.32. The van der Waals surface area contributed by atoms with Gasteiger partial charge >= 0.3 is 0 Å². The highest BCUT2D eigenvalue weighted by atomic mass is 32.2. The molecule has 0 spiro atoms. The van der Waals surface area contributed by atoms with Crippen molar-refractivity contribution < 1.29 is 8.42 Å². The van der Waals surface area contributed by atoms with Crippen LogP contribution in [0.15, 0.2) is 35.2 Å². The molecule has 0 aliphatic heterocycles. The summed E-state index contributed by atoms with van der Waals surface area (Å²) in [5.74, 6) is 0.0109. The Kier molecular flexibility index (Phi) is 2.83. The number of rotatable bonds is 3. The van der Waals surface area contributed by atoms with E-state index in [0.717, 1.165) is 0 Å². The molecule has 0 bridgehead atoms. The molecule has 0 heterocycles. The zero-order valence-corrected chi connectivity index (χ0v) is 7.42. The SMILES string of the molecule is NCCS(=O)(=O)c1ccccc1. The van der Waals surface area contributed by atoms with Gasteiger partial charge in [0.2, 0.25) is 0 Å². The Hall–Kier alpha value is -0.870. The zero-order chi connectivity index (χ0) is 9.03. The highest BCUT2D eigenvalue weighted by molar-refractivity contribution is 7.91. The molecule has 2 N–H and O–H groups in total. The van der Waals surface area contributed by atoms with Gasteiger partial charge in [0.15, 0.2) is 9.84 Å². The molecule has 3 nitrogen and oxygen atoms in total. The van der Waals surface area contributed by atoms with E-state index in [1.807, 2.05) is 0 Å². The van der Waals surface area contributed by atoms with Crippen LogP contribution in [0.25, 0.3) is 0 Å². The highest BCUT2D eigenvalue weighted by Gasteiger charge is 2.11. The minimum Gasteiger partial charge on any atom is -0.329 e. The molecule has 0 aliphatic carbocycles. The first-order valence-corrected chi connectivity index (χ1v) is 5.30. The van der Waals surface area contributed by atoms with Gasteiger partial charge in [0.05, 0.1) is 10.6 Å². The minimum atomic E-state index is -3.14. The number of sulfone groups is 1. The summed E-state index contributed by atoms with van der Waals surface area (Å²) in [5, 5.41) is 0. The molecule has 0 saturated carbocycles. The summed E-state index contributed by atoms with van der Waals surface area (Å²) in [7, 11) is -3.14. The quantitative estimate of drug-likeness (QED) is 0.742. The first-order chi connectivity index (χ1) is 5.67. The third kappa shape index (κ3) is 2.06. The Morgan fingerprint density at radius 2 is 1.75 bits per heavy atom. The fourth-order valence-corrected chi connectivity index (χ4v) is 2.02. The molecule has 4 heteroatoms. The van der Waals surface area contributed by atoms with E-state index in [9.17, 15) is 8.42 Å². The van der Waals surface area contributed by atoms with Gasteiger partial charge in [0.1, 0.15) is 0 Å². The summed E-state index contributed by atoms with van der Waals surface area (Å²) < 4.78 is 22.7. The van der Waals surface area contributed by atoms with E-state index in [1.165, 1.54) is 0 Å². The van der Waals surface area contributed by atoms with E-state index in [1.54, 1.807) is 30.3 Å². The lowest BCUT2D eigenvalue weighted by Crippen LogP contribution is -2.15. The normalized spacial score (nSPS) is 11.4. The van der Waals surface area contributed by atoms with Crippen LogP contribution in [0.5, 0.6) is 0 Å². The molecule has 1 rings (SSSR count). The Morgan fingerprint density at radius 3 is 2.25 bits per heavy atom. The maximum absolute atomic E-state index is 11.4. The van der Waals surface area contributed by atoms with E-state index < -0.39 is 9.84 Å². The Morgan fingerprint density at radius 1 is 1.17 bits per heavy atom. The first kappa shape index (κ1) is 9.22. The van der Waals surface area contributed by atoms with Crippen LogP contribution in [0.3, 0.4) is 0 Å². The number of benzene rings is 1.